The first kappa shape index (κ1) is 14.8. The van der Waals surface area contributed by atoms with Gasteiger partial charge in [-0.3, -0.25) is 0 Å². The van der Waals surface area contributed by atoms with Gasteiger partial charge in [-0.05, 0) is 55.4 Å². The second-order valence-corrected chi connectivity index (χ2v) is 4.98. The van der Waals surface area contributed by atoms with Crippen LogP contribution in [0.5, 0.6) is 11.5 Å². The number of hydrogen-bond acceptors (Lipinski definition) is 2. The fourth-order valence-electron chi connectivity index (χ4n) is 1.85. The van der Waals surface area contributed by atoms with E-state index in [1.807, 2.05) is 19.1 Å². The van der Waals surface area contributed by atoms with Crippen molar-refractivity contribution in [3.8, 4) is 11.5 Å². The van der Waals surface area contributed by atoms with Gasteiger partial charge in [-0.25, -0.2) is 4.39 Å². The summed E-state index contributed by atoms with van der Waals surface area (Å²) in [4.78, 5) is 0. The normalized spacial score (nSPS) is 10.6. The monoisotopic (exact) mass is 293 g/mol. The number of benzene rings is 2. The molecule has 0 atom stereocenters. The van der Waals surface area contributed by atoms with Crippen LogP contribution >= 0.6 is 11.6 Å². The molecule has 20 heavy (non-hydrogen) atoms. The first-order chi connectivity index (χ1) is 9.60. The quantitative estimate of drug-likeness (QED) is 0.863. The van der Waals surface area contributed by atoms with Crippen LogP contribution < -0.4 is 10.1 Å². The summed E-state index contributed by atoms with van der Waals surface area (Å²) in [5.41, 5.74) is 1.53. The van der Waals surface area contributed by atoms with Gasteiger partial charge < -0.3 is 10.1 Å². The Labute approximate surface area is 123 Å². The van der Waals surface area contributed by atoms with E-state index in [1.165, 1.54) is 6.07 Å². The molecule has 0 aliphatic rings. The maximum Gasteiger partial charge on any atom is 0.132 e. The van der Waals surface area contributed by atoms with Gasteiger partial charge in [0.15, 0.2) is 0 Å². The second kappa shape index (κ2) is 6.73. The molecule has 0 radical (unpaired) electrons. The topological polar surface area (TPSA) is 21.3 Å². The molecule has 0 aliphatic heterocycles. The van der Waals surface area contributed by atoms with Crippen LogP contribution in [-0.2, 0) is 6.54 Å². The highest BCUT2D eigenvalue weighted by atomic mass is 35.5. The molecule has 106 valence electrons. The van der Waals surface area contributed by atoms with Crippen molar-refractivity contribution >= 4 is 11.6 Å². The van der Waals surface area contributed by atoms with Gasteiger partial charge >= 0.3 is 0 Å². The summed E-state index contributed by atoms with van der Waals surface area (Å²) >= 11 is 6.01. The van der Waals surface area contributed by atoms with Crippen molar-refractivity contribution in [2.45, 2.75) is 20.4 Å². The van der Waals surface area contributed by atoms with Gasteiger partial charge in [0.25, 0.3) is 0 Å². The second-order valence-electron chi connectivity index (χ2n) is 4.55. The molecule has 0 aromatic heterocycles. The fourth-order valence-corrected chi connectivity index (χ4v) is 2.05. The lowest BCUT2D eigenvalue weighted by atomic mass is 10.2. The van der Waals surface area contributed by atoms with Crippen molar-refractivity contribution in [2.75, 3.05) is 6.54 Å². The Morgan fingerprint density at radius 2 is 2.00 bits per heavy atom. The average molecular weight is 294 g/mol. The molecule has 0 saturated heterocycles. The molecule has 0 bridgehead atoms. The largest absolute Gasteiger partial charge is 0.457 e. The molecule has 1 N–H and O–H groups in total. The molecule has 0 aliphatic carbocycles. The van der Waals surface area contributed by atoms with Crippen molar-refractivity contribution in [2.24, 2.45) is 0 Å². The van der Waals surface area contributed by atoms with Crippen LogP contribution in [0.3, 0.4) is 0 Å². The minimum Gasteiger partial charge on any atom is -0.457 e. The third-order valence-corrected chi connectivity index (χ3v) is 3.18. The zero-order valence-corrected chi connectivity index (χ0v) is 12.3. The van der Waals surface area contributed by atoms with E-state index in [2.05, 4.69) is 5.32 Å². The van der Waals surface area contributed by atoms with E-state index in [1.54, 1.807) is 25.1 Å². The van der Waals surface area contributed by atoms with Gasteiger partial charge in [-0.1, -0.05) is 18.5 Å². The van der Waals surface area contributed by atoms with Crippen LogP contribution in [0.2, 0.25) is 5.02 Å². The summed E-state index contributed by atoms with van der Waals surface area (Å²) in [6.07, 6.45) is 0. The van der Waals surface area contributed by atoms with Crippen LogP contribution in [0, 0.1) is 12.7 Å². The number of ether oxygens (including phenoxy) is 1. The first-order valence-electron chi connectivity index (χ1n) is 6.53. The third-order valence-electron chi connectivity index (χ3n) is 2.95. The van der Waals surface area contributed by atoms with E-state index >= 15 is 0 Å². The average Bonchev–Trinajstić information content (AvgIpc) is 2.43. The van der Waals surface area contributed by atoms with Crippen molar-refractivity contribution in [3.05, 3.63) is 58.4 Å². The van der Waals surface area contributed by atoms with E-state index in [9.17, 15) is 4.39 Å². The molecule has 0 amide bonds. The Hall–Kier alpha value is -1.58. The predicted molar refractivity (Wildman–Crippen MR) is 80.0 cm³/mol. The number of aryl methyl sites for hydroxylation is 1. The number of nitrogens with one attached hydrogen (secondary N) is 1. The van der Waals surface area contributed by atoms with Gasteiger partial charge in [0.2, 0.25) is 0 Å². The summed E-state index contributed by atoms with van der Waals surface area (Å²) < 4.78 is 19.1. The zero-order chi connectivity index (χ0) is 14.5. The van der Waals surface area contributed by atoms with Gasteiger partial charge in [0.1, 0.15) is 17.3 Å². The van der Waals surface area contributed by atoms with Gasteiger partial charge in [0.05, 0.1) is 0 Å². The van der Waals surface area contributed by atoms with Crippen molar-refractivity contribution < 1.29 is 9.13 Å². The molecule has 2 aromatic rings. The molecule has 0 saturated carbocycles. The van der Waals surface area contributed by atoms with E-state index in [-0.39, 0.29) is 5.82 Å². The van der Waals surface area contributed by atoms with Gasteiger partial charge in [-0.2, -0.15) is 0 Å². The lowest BCUT2D eigenvalue weighted by Crippen LogP contribution is -2.12. The van der Waals surface area contributed by atoms with E-state index in [0.29, 0.717) is 22.9 Å². The molecule has 0 unspecified atom stereocenters. The molecule has 0 heterocycles. The highest BCUT2D eigenvalue weighted by Crippen LogP contribution is 2.28. The summed E-state index contributed by atoms with van der Waals surface area (Å²) in [7, 11) is 0. The van der Waals surface area contributed by atoms with E-state index in [4.69, 9.17) is 16.3 Å². The van der Waals surface area contributed by atoms with Crippen molar-refractivity contribution in [1.29, 1.82) is 0 Å². The summed E-state index contributed by atoms with van der Waals surface area (Å²) in [6, 6.07) is 10.2. The highest BCUT2D eigenvalue weighted by molar-refractivity contribution is 6.30. The van der Waals surface area contributed by atoms with Crippen LogP contribution in [0.15, 0.2) is 36.4 Å². The summed E-state index contributed by atoms with van der Waals surface area (Å²) in [6.45, 7) is 5.28. The van der Waals surface area contributed by atoms with E-state index in [0.717, 1.165) is 17.9 Å². The zero-order valence-electron chi connectivity index (χ0n) is 11.5. The standard InChI is InChI=1S/C16H17ClFNO/c1-3-19-10-12-9-13(17)4-7-16(12)20-14-5-6-15(18)11(2)8-14/h4-9,19H,3,10H2,1-2H3. The minimum absolute atomic E-state index is 0.235. The van der Waals surface area contributed by atoms with Crippen LogP contribution in [0.1, 0.15) is 18.1 Å². The van der Waals surface area contributed by atoms with Crippen molar-refractivity contribution in [3.63, 3.8) is 0 Å². The van der Waals surface area contributed by atoms with Gasteiger partial charge in [-0.15, -0.1) is 0 Å². The Balaban J connectivity index is 2.25. The Morgan fingerprint density at radius 1 is 1.20 bits per heavy atom. The number of halogens is 2. The molecular weight excluding hydrogens is 277 g/mol. The highest BCUT2D eigenvalue weighted by Gasteiger charge is 2.07. The smallest absolute Gasteiger partial charge is 0.132 e. The Morgan fingerprint density at radius 3 is 2.70 bits per heavy atom. The minimum atomic E-state index is -0.235. The summed E-state index contributed by atoms with van der Waals surface area (Å²) in [5.74, 6) is 1.10. The molecule has 2 nitrogen and oxygen atoms in total. The maximum atomic E-state index is 13.3. The number of hydrogen-bond donors (Lipinski definition) is 1. The van der Waals surface area contributed by atoms with Crippen molar-refractivity contribution in [1.82, 2.24) is 5.32 Å². The SMILES string of the molecule is CCNCc1cc(Cl)ccc1Oc1ccc(F)c(C)c1. The molecular formula is C16H17ClFNO. The lowest BCUT2D eigenvalue weighted by Gasteiger charge is -2.12. The Bertz CT molecular complexity index is 601. The third kappa shape index (κ3) is 3.71. The molecule has 0 spiro atoms. The number of rotatable bonds is 5. The summed E-state index contributed by atoms with van der Waals surface area (Å²) in [5, 5.41) is 3.91. The lowest BCUT2D eigenvalue weighted by molar-refractivity contribution is 0.470. The van der Waals surface area contributed by atoms with Gasteiger partial charge in [0, 0.05) is 17.1 Å². The molecule has 2 rings (SSSR count). The first-order valence-corrected chi connectivity index (χ1v) is 6.91. The van der Waals surface area contributed by atoms with E-state index < -0.39 is 0 Å². The van der Waals surface area contributed by atoms with Crippen LogP contribution in [-0.4, -0.2) is 6.54 Å². The molecule has 2 aromatic carbocycles. The van der Waals surface area contributed by atoms with Crippen LogP contribution in [0.25, 0.3) is 0 Å². The predicted octanol–water partition coefficient (Wildman–Crippen LogP) is 4.69. The van der Waals surface area contributed by atoms with Crippen LogP contribution in [0.4, 0.5) is 4.39 Å². The molecule has 0 fully saturated rings. The molecule has 4 heteroatoms. The Kier molecular flexibility index (Phi) is 4.99. The maximum absolute atomic E-state index is 13.3. The fraction of sp³-hybridized carbons (Fsp3) is 0.250.